The number of carbonyl (C=O) groups excluding carboxylic acids is 1. The van der Waals surface area contributed by atoms with E-state index >= 15 is 0 Å². The third-order valence-corrected chi connectivity index (χ3v) is 4.21. The molecule has 3 N–H and O–H groups in total. The second-order valence-electron chi connectivity index (χ2n) is 5.79. The Balaban J connectivity index is 2.01. The molecular weight excluding hydrogens is 254 g/mol. The monoisotopic (exact) mass is 279 g/mol. The lowest BCUT2D eigenvalue weighted by Crippen LogP contribution is -2.56. The van der Waals surface area contributed by atoms with Crippen LogP contribution in [0.1, 0.15) is 33.0 Å². The van der Waals surface area contributed by atoms with Gasteiger partial charge in [0.05, 0.1) is 12.1 Å². The van der Waals surface area contributed by atoms with Crippen molar-refractivity contribution in [2.45, 2.75) is 51.9 Å². The molecule has 2 heterocycles. The molecule has 0 radical (unpaired) electrons. The molecule has 1 aliphatic heterocycles. The summed E-state index contributed by atoms with van der Waals surface area (Å²) in [5.74, 6) is 0.803. The first-order valence-electron chi connectivity index (χ1n) is 7.25. The highest BCUT2D eigenvalue weighted by Gasteiger charge is 2.34. The summed E-state index contributed by atoms with van der Waals surface area (Å²) < 4.78 is 2.18. The Hall–Kier alpha value is -1.40. The lowest BCUT2D eigenvalue weighted by molar-refractivity contribution is -0.124. The number of nitrogens with one attached hydrogen (secondary N) is 1. The number of carbonyl (C=O) groups is 1. The molecule has 1 aromatic rings. The summed E-state index contributed by atoms with van der Waals surface area (Å²) in [7, 11) is 0. The van der Waals surface area contributed by atoms with Crippen LogP contribution in [0.2, 0.25) is 0 Å². The van der Waals surface area contributed by atoms with Crippen molar-refractivity contribution in [2.24, 2.45) is 5.73 Å². The fourth-order valence-corrected chi connectivity index (χ4v) is 2.94. The second-order valence-corrected chi connectivity index (χ2v) is 5.79. The summed E-state index contributed by atoms with van der Waals surface area (Å²) in [4.78, 5) is 18.4. The first-order chi connectivity index (χ1) is 9.46. The van der Waals surface area contributed by atoms with Gasteiger partial charge in [0, 0.05) is 31.5 Å². The average Bonchev–Trinajstić information content (AvgIpc) is 2.85. The van der Waals surface area contributed by atoms with Crippen molar-refractivity contribution < 1.29 is 4.79 Å². The van der Waals surface area contributed by atoms with E-state index in [9.17, 15) is 4.79 Å². The van der Waals surface area contributed by atoms with Crippen molar-refractivity contribution >= 4 is 5.91 Å². The van der Waals surface area contributed by atoms with Crippen LogP contribution in [-0.2, 0) is 17.9 Å². The number of nitrogens with zero attached hydrogens (tertiary/aromatic N) is 3. The molecule has 0 bridgehead atoms. The minimum absolute atomic E-state index is 0.275. The standard InChI is InChI=1S/C14H25N5O/c1-4-17-14(3,13(15)20)9-11(2)19-8-7-18-6-5-16-12(18)10-19/h5-6,11,17H,4,7-10H2,1-3H3,(H2,15,20). The number of primary amides is 1. The highest BCUT2D eigenvalue weighted by molar-refractivity contribution is 5.84. The van der Waals surface area contributed by atoms with Crippen LogP contribution >= 0.6 is 0 Å². The van der Waals surface area contributed by atoms with Crippen LogP contribution in [0.15, 0.2) is 12.4 Å². The van der Waals surface area contributed by atoms with Gasteiger partial charge in [0.15, 0.2) is 0 Å². The van der Waals surface area contributed by atoms with Crippen molar-refractivity contribution in [1.82, 2.24) is 19.8 Å². The highest BCUT2D eigenvalue weighted by Crippen LogP contribution is 2.20. The summed E-state index contributed by atoms with van der Waals surface area (Å²) in [6.45, 7) is 9.52. The minimum atomic E-state index is -0.652. The van der Waals surface area contributed by atoms with E-state index in [1.165, 1.54) is 0 Å². The smallest absolute Gasteiger partial charge is 0.237 e. The molecule has 6 nitrogen and oxygen atoms in total. The molecule has 2 unspecified atom stereocenters. The van der Waals surface area contributed by atoms with Crippen LogP contribution in [0.25, 0.3) is 0 Å². The molecule has 20 heavy (non-hydrogen) atoms. The van der Waals surface area contributed by atoms with E-state index < -0.39 is 5.54 Å². The zero-order chi connectivity index (χ0) is 14.8. The Labute approximate surface area is 120 Å². The van der Waals surface area contributed by atoms with E-state index in [1.807, 2.05) is 26.2 Å². The van der Waals surface area contributed by atoms with Gasteiger partial charge in [-0.05, 0) is 26.8 Å². The van der Waals surface area contributed by atoms with E-state index in [4.69, 9.17) is 5.73 Å². The summed E-state index contributed by atoms with van der Waals surface area (Å²) in [6.07, 6.45) is 4.57. The Bertz CT molecular complexity index is 472. The van der Waals surface area contributed by atoms with Gasteiger partial charge in [0.1, 0.15) is 5.82 Å². The third-order valence-electron chi connectivity index (χ3n) is 4.21. The molecule has 0 aliphatic carbocycles. The number of fused-ring (bicyclic) bond motifs is 1. The molecule has 2 rings (SSSR count). The quantitative estimate of drug-likeness (QED) is 0.787. The van der Waals surface area contributed by atoms with Crippen molar-refractivity contribution in [1.29, 1.82) is 0 Å². The maximum absolute atomic E-state index is 11.7. The zero-order valence-electron chi connectivity index (χ0n) is 12.6. The Morgan fingerprint density at radius 3 is 3.00 bits per heavy atom. The maximum Gasteiger partial charge on any atom is 0.237 e. The van der Waals surface area contributed by atoms with E-state index in [0.717, 1.165) is 32.0 Å². The number of hydrogen-bond acceptors (Lipinski definition) is 4. The lowest BCUT2D eigenvalue weighted by atomic mass is 9.91. The fourth-order valence-electron chi connectivity index (χ4n) is 2.94. The highest BCUT2D eigenvalue weighted by atomic mass is 16.1. The first-order valence-corrected chi connectivity index (χ1v) is 7.25. The average molecular weight is 279 g/mol. The summed E-state index contributed by atoms with van der Waals surface area (Å²) in [6, 6.07) is 0.275. The molecule has 1 aromatic heterocycles. The molecule has 6 heteroatoms. The number of aromatic nitrogens is 2. The van der Waals surface area contributed by atoms with Crippen LogP contribution in [0.4, 0.5) is 0 Å². The van der Waals surface area contributed by atoms with Gasteiger partial charge in [-0.2, -0.15) is 0 Å². The van der Waals surface area contributed by atoms with E-state index in [1.54, 1.807) is 0 Å². The summed E-state index contributed by atoms with van der Waals surface area (Å²) in [5, 5.41) is 3.22. The van der Waals surface area contributed by atoms with Crippen molar-refractivity contribution in [3.63, 3.8) is 0 Å². The maximum atomic E-state index is 11.7. The normalized spacial score (nSPS) is 20.1. The Morgan fingerprint density at radius 1 is 1.60 bits per heavy atom. The van der Waals surface area contributed by atoms with Gasteiger partial charge in [-0.1, -0.05) is 6.92 Å². The second kappa shape index (κ2) is 5.93. The lowest BCUT2D eigenvalue weighted by Gasteiger charge is -2.37. The minimum Gasteiger partial charge on any atom is -0.368 e. The van der Waals surface area contributed by atoms with Gasteiger partial charge >= 0.3 is 0 Å². The molecular formula is C14H25N5O. The molecule has 1 amide bonds. The van der Waals surface area contributed by atoms with Crippen LogP contribution in [0.3, 0.4) is 0 Å². The van der Waals surface area contributed by atoms with Gasteiger partial charge in [-0.3, -0.25) is 9.69 Å². The van der Waals surface area contributed by atoms with Gasteiger partial charge in [0.25, 0.3) is 0 Å². The van der Waals surface area contributed by atoms with Crippen molar-refractivity contribution in [2.75, 3.05) is 13.1 Å². The van der Waals surface area contributed by atoms with E-state index in [0.29, 0.717) is 6.42 Å². The summed E-state index contributed by atoms with van der Waals surface area (Å²) in [5.41, 5.74) is 4.91. The van der Waals surface area contributed by atoms with Gasteiger partial charge in [0.2, 0.25) is 5.91 Å². The van der Waals surface area contributed by atoms with E-state index in [-0.39, 0.29) is 11.9 Å². The number of likely N-dealkylation sites (N-methyl/N-ethyl adjacent to an activating group) is 1. The number of imidazole rings is 1. The van der Waals surface area contributed by atoms with Crippen molar-refractivity contribution in [3.8, 4) is 0 Å². The first kappa shape index (κ1) is 15.0. The van der Waals surface area contributed by atoms with Gasteiger partial charge in [-0.25, -0.2) is 4.98 Å². The summed E-state index contributed by atoms with van der Waals surface area (Å²) >= 11 is 0. The number of rotatable bonds is 6. The SMILES string of the molecule is CCNC(C)(CC(C)N1CCn2ccnc2C1)C(N)=O. The van der Waals surface area contributed by atoms with Crippen molar-refractivity contribution in [3.05, 3.63) is 18.2 Å². The molecule has 0 saturated heterocycles. The van der Waals surface area contributed by atoms with Crippen LogP contribution in [0.5, 0.6) is 0 Å². The molecule has 0 spiro atoms. The third kappa shape index (κ3) is 3.02. The molecule has 112 valence electrons. The van der Waals surface area contributed by atoms with Crippen LogP contribution < -0.4 is 11.1 Å². The molecule has 2 atom stereocenters. The molecule has 0 aromatic carbocycles. The zero-order valence-corrected chi connectivity index (χ0v) is 12.6. The Morgan fingerprint density at radius 2 is 2.35 bits per heavy atom. The molecule has 1 aliphatic rings. The van der Waals surface area contributed by atoms with E-state index in [2.05, 4.69) is 26.7 Å². The van der Waals surface area contributed by atoms with Gasteiger partial charge in [-0.15, -0.1) is 0 Å². The topological polar surface area (TPSA) is 76.2 Å². The Kier molecular flexibility index (Phi) is 4.45. The van der Waals surface area contributed by atoms with Gasteiger partial charge < -0.3 is 15.6 Å². The number of amides is 1. The largest absolute Gasteiger partial charge is 0.368 e. The number of hydrogen-bond donors (Lipinski definition) is 2. The number of nitrogens with two attached hydrogens (primary N) is 1. The van der Waals surface area contributed by atoms with Crippen LogP contribution in [-0.4, -0.2) is 45.0 Å². The molecule has 0 saturated carbocycles. The predicted octanol–water partition coefficient (Wildman–Crippen LogP) is 0.331. The predicted molar refractivity (Wildman–Crippen MR) is 78.0 cm³/mol. The molecule has 0 fully saturated rings. The van der Waals surface area contributed by atoms with Crippen LogP contribution in [0, 0.1) is 0 Å². The fraction of sp³-hybridized carbons (Fsp3) is 0.714.